The van der Waals surface area contributed by atoms with Crippen LogP contribution in [0.1, 0.15) is 44.9 Å². The summed E-state index contributed by atoms with van der Waals surface area (Å²) in [5.41, 5.74) is -0.904. The van der Waals surface area contributed by atoms with Crippen LogP contribution in [-0.4, -0.2) is 48.1 Å². The number of likely N-dealkylation sites (tertiary alicyclic amines) is 1. The zero-order chi connectivity index (χ0) is 15.5. The van der Waals surface area contributed by atoms with Crippen molar-refractivity contribution < 1.29 is 24.2 Å². The van der Waals surface area contributed by atoms with Gasteiger partial charge in [-0.2, -0.15) is 0 Å². The van der Waals surface area contributed by atoms with Crippen LogP contribution < -0.4 is 0 Å². The Bertz CT molecular complexity index is 428. The van der Waals surface area contributed by atoms with Gasteiger partial charge < -0.3 is 14.7 Å². The number of carbonyl (C=O) groups excluding carboxylic acids is 2. The minimum absolute atomic E-state index is 0.0518. The molecule has 118 valence electrons. The number of amides is 1. The van der Waals surface area contributed by atoms with Crippen LogP contribution in [0.4, 0.5) is 0 Å². The molecule has 2 aliphatic rings. The lowest BCUT2D eigenvalue weighted by atomic mass is 9.71. The molecule has 6 heteroatoms. The van der Waals surface area contributed by atoms with Crippen LogP contribution in [0.2, 0.25) is 0 Å². The van der Waals surface area contributed by atoms with Gasteiger partial charge in [0.15, 0.2) is 0 Å². The van der Waals surface area contributed by atoms with Crippen molar-refractivity contribution in [3.8, 4) is 0 Å². The van der Waals surface area contributed by atoms with E-state index in [2.05, 4.69) is 0 Å². The van der Waals surface area contributed by atoms with Crippen LogP contribution in [0.5, 0.6) is 0 Å². The van der Waals surface area contributed by atoms with Crippen LogP contribution in [0.15, 0.2) is 0 Å². The van der Waals surface area contributed by atoms with E-state index in [1.165, 1.54) is 7.11 Å². The summed E-state index contributed by atoms with van der Waals surface area (Å²) in [6, 6.07) is 0. The summed E-state index contributed by atoms with van der Waals surface area (Å²) in [6.45, 7) is 0.857. The first-order valence-corrected chi connectivity index (χ1v) is 7.57. The first-order chi connectivity index (χ1) is 9.98. The van der Waals surface area contributed by atoms with Crippen molar-refractivity contribution in [2.45, 2.75) is 44.9 Å². The first-order valence-electron chi connectivity index (χ1n) is 7.57. The summed E-state index contributed by atoms with van der Waals surface area (Å²) in [5, 5.41) is 9.51. The standard InChI is InChI=1S/C15H23NO5/c1-21-13(18)11-5-8-16(10-11)12(17)9-15(14(19)20)6-3-2-4-7-15/h11H,2-10H2,1H3,(H,19,20). The number of rotatable bonds is 4. The predicted octanol–water partition coefficient (Wildman–Crippen LogP) is 1.43. The maximum atomic E-state index is 12.4. The number of aliphatic carboxylic acids is 1. The van der Waals surface area contributed by atoms with Gasteiger partial charge in [0.1, 0.15) is 0 Å². The Kier molecular flexibility index (Phi) is 4.85. The minimum Gasteiger partial charge on any atom is -0.481 e. The fourth-order valence-corrected chi connectivity index (χ4v) is 3.44. The highest BCUT2D eigenvalue weighted by Gasteiger charge is 2.43. The molecule has 0 aromatic heterocycles. The summed E-state index contributed by atoms with van der Waals surface area (Å²) in [5.74, 6) is -1.58. The SMILES string of the molecule is COC(=O)C1CCN(C(=O)CC2(C(=O)O)CCCCC2)C1. The number of carboxylic acid groups (broad SMARTS) is 1. The van der Waals surface area contributed by atoms with Gasteiger partial charge in [-0.1, -0.05) is 19.3 Å². The Hall–Kier alpha value is -1.59. The summed E-state index contributed by atoms with van der Waals surface area (Å²) in [4.78, 5) is 37.1. The van der Waals surface area contributed by atoms with E-state index in [9.17, 15) is 19.5 Å². The summed E-state index contributed by atoms with van der Waals surface area (Å²) in [7, 11) is 1.34. The van der Waals surface area contributed by atoms with E-state index in [0.29, 0.717) is 32.4 Å². The highest BCUT2D eigenvalue weighted by molar-refractivity contribution is 5.86. The summed E-state index contributed by atoms with van der Waals surface area (Å²) < 4.78 is 4.70. The molecule has 1 saturated carbocycles. The normalized spacial score (nSPS) is 24.6. The number of hydrogen-bond acceptors (Lipinski definition) is 4. The summed E-state index contributed by atoms with van der Waals surface area (Å²) in [6.07, 6.45) is 4.56. The third kappa shape index (κ3) is 3.36. The van der Waals surface area contributed by atoms with Crippen molar-refractivity contribution in [3.05, 3.63) is 0 Å². The third-order valence-corrected chi connectivity index (χ3v) is 4.83. The average Bonchev–Trinajstić information content (AvgIpc) is 2.97. The molecule has 1 unspecified atom stereocenters. The molecule has 1 amide bonds. The molecule has 0 aromatic rings. The molecule has 2 rings (SSSR count). The Labute approximate surface area is 124 Å². The number of methoxy groups -OCH3 is 1. The molecule has 1 aliphatic heterocycles. The van der Waals surface area contributed by atoms with Gasteiger partial charge in [0.25, 0.3) is 0 Å². The molecule has 21 heavy (non-hydrogen) atoms. The topological polar surface area (TPSA) is 83.9 Å². The van der Waals surface area contributed by atoms with Crippen molar-refractivity contribution in [2.24, 2.45) is 11.3 Å². The van der Waals surface area contributed by atoms with Crippen molar-refractivity contribution >= 4 is 17.8 Å². The molecular formula is C15H23NO5. The van der Waals surface area contributed by atoms with Gasteiger partial charge in [-0.15, -0.1) is 0 Å². The fourth-order valence-electron chi connectivity index (χ4n) is 3.44. The second-order valence-corrected chi connectivity index (χ2v) is 6.17. The van der Waals surface area contributed by atoms with E-state index in [-0.39, 0.29) is 24.2 Å². The fraction of sp³-hybridized carbons (Fsp3) is 0.800. The molecule has 1 saturated heterocycles. The average molecular weight is 297 g/mol. The molecule has 1 N–H and O–H groups in total. The van der Waals surface area contributed by atoms with Gasteiger partial charge in [0.05, 0.1) is 18.4 Å². The monoisotopic (exact) mass is 297 g/mol. The molecule has 0 aromatic carbocycles. The van der Waals surface area contributed by atoms with Gasteiger partial charge >= 0.3 is 11.9 Å². The molecule has 6 nitrogen and oxygen atoms in total. The molecule has 0 radical (unpaired) electrons. The summed E-state index contributed by atoms with van der Waals surface area (Å²) >= 11 is 0. The number of hydrogen-bond donors (Lipinski definition) is 1. The van der Waals surface area contributed by atoms with Gasteiger partial charge in [0, 0.05) is 19.5 Å². The third-order valence-electron chi connectivity index (χ3n) is 4.83. The maximum Gasteiger partial charge on any atom is 0.310 e. The van der Waals surface area contributed by atoms with E-state index in [4.69, 9.17) is 4.74 Å². The van der Waals surface area contributed by atoms with Crippen molar-refractivity contribution in [3.63, 3.8) is 0 Å². The van der Waals surface area contributed by atoms with Gasteiger partial charge in [-0.05, 0) is 19.3 Å². The molecule has 1 heterocycles. The quantitative estimate of drug-likeness (QED) is 0.794. The Balaban J connectivity index is 1.97. The van der Waals surface area contributed by atoms with E-state index in [1.54, 1.807) is 4.90 Å². The zero-order valence-corrected chi connectivity index (χ0v) is 12.5. The van der Waals surface area contributed by atoms with Crippen LogP contribution in [0.3, 0.4) is 0 Å². The minimum atomic E-state index is -0.904. The second kappa shape index (κ2) is 6.45. The lowest BCUT2D eigenvalue weighted by Gasteiger charge is -2.33. The largest absolute Gasteiger partial charge is 0.481 e. The molecule has 0 spiro atoms. The van der Waals surface area contributed by atoms with Crippen molar-refractivity contribution in [1.82, 2.24) is 4.90 Å². The lowest BCUT2D eigenvalue weighted by Crippen LogP contribution is -2.40. The van der Waals surface area contributed by atoms with Crippen molar-refractivity contribution in [2.75, 3.05) is 20.2 Å². The first kappa shape index (κ1) is 15.8. The van der Waals surface area contributed by atoms with Gasteiger partial charge in [-0.25, -0.2) is 0 Å². The Morgan fingerprint density at radius 1 is 1.24 bits per heavy atom. The predicted molar refractivity (Wildman–Crippen MR) is 74.5 cm³/mol. The second-order valence-electron chi connectivity index (χ2n) is 6.17. The number of carbonyl (C=O) groups is 3. The number of nitrogens with zero attached hydrogens (tertiary/aromatic N) is 1. The zero-order valence-electron chi connectivity index (χ0n) is 12.5. The van der Waals surface area contributed by atoms with E-state index in [0.717, 1.165) is 19.3 Å². The molecule has 1 aliphatic carbocycles. The lowest BCUT2D eigenvalue weighted by molar-refractivity contribution is -0.156. The Morgan fingerprint density at radius 3 is 2.48 bits per heavy atom. The van der Waals surface area contributed by atoms with E-state index >= 15 is 0 Å². The van der Waals surface area contributed by atoms with Crippen LogP contribution in [0.25, 0.3) is 0 Å². The Morgan fingerprint density at radius 2 is 1.90 bits per heavy atom. The number of carboxylic acids is 1. The molecule has 2 fully saturated rings. The van der Waals surface area contributed by atoms with Crippen molar-refractivity contribution in [1.29, 1.82) is 0 Å². The van der Waals surface area contributed by atoms with E-state index < -0.39 is 11.4 Å². The number of esters is 1. The molecular weight excluding hydrogens is 274 g/mol. The van der Waals surface area contributed by atoms with E-state index in [1.807, 2.05) is 0 Å². The number of ether oxygens (including phenoxy) is 1. The highest BCUT2D eigenvalue weighted by atomic mass is 16.5. The van der Waals surface area contributed by atoms with Crippen LogP contribution in [-0.2, 0) is 19.1 Å². The highest BCUT2D eigenvalue weighted by Crippen LogP contribution is 2.40. The van der Waals surface area contributed by atoms with Gasteiger partial charge in [-0.3, -0.25) is 14.4 Å². The smallest absolute Gasteiger partial charge is 0.310 e. The van der Waals surface area contributed by atoms with Crippen LogP contribution in [0, 0.1) is 11.3 Å². The van der Waals surface area contributed by atoms with Crippen LogP contribution >= 0.6 is 0 Å². The van der Waals surface area contributed by atoms with Gasteiger partial charge in [0.2, 0.25) is 5.91 Å². The molecule has 0 bridgehead atoms. The maximum absolute atomic E-state index is 12.4. The molecule has 1 atom stereocenters.